The van der Waals surface area contributed by atoms with Crippen LogP contribution in [0.25, 0.3) is 28.5 Å². The molecule has 4 heterocycles. The molecular formula is C18H16F3N7S. The predicted molar refractivity (Wildman–Crippen MR) is 103 cm³/mol. The quantitative estimate of drug-likeness (QED) is 0.465. The van der Waals surface area contributed by atoms with Crippen molar-refractivity contribution in [3.8, 4) is 17.3 Å². The van der Waals surface area contributed by atoms with Gasteiger partial charge in [0.1, 0.15) is 17.5 Å². The van der Waals surface area contributed by atoms with Crippen molar-refractivity contribution >= 4 is 22.9 Å². The maximum atomic E-state index is 12.8. The van der Waals surface area contributed by atoms with E-state index in [-0.39, 0.29) is 5.82 Å². The second kappa shape index (κ2) is 7.14. The van der Waals surface area contributed by atoms with Gasteiger partial charge in [0.25, 0.3) is 5.82 Å². The number of hydrogen-bond donors (Lipinski definition) is 0. The van der Waals surface area contributed by atoms with Gasteiger partial charge in [-0.2, -0.15) is 13.2 Å². The van der Waals surface area contributed by atoms with Crippen molar-refractivity contribution in [3.05, 3.63) is 42.1 Å². The number of imidazole rings is 1. The molecule has 0 spiro atoms. The molecule has 0 fully saturated rings. The Morgan fingerprint density at radius 2 is 1.93 bits per heavy atom. The Morgan fingerprint density at radius 3 is 2.62 bits per heavy atom. The molecule has 11 heteroatoms. The van der Waals surface area contributed by atoms with Gasteiger partial charge in [-0.3, -0.25) is 0 Å². The number of aryl methyl sites for hydroxylation is 2. The lowest BCUT2D eigenvalue weighted by Gasteiger charge is -2.10. The highest BCUT2D eigenvalue weighted by Crippen LogP contribution is 2.32. The first kappa shape index (κ1) is 19.4. The van der Waals surface area contributed by atoms with E-state index >= 15 is 0 Å². The molecular weight excluding hydrogens is 403 g/mol. The maximum Gasteiger partial charge on any atom is 0.453 e. The summed E-state index contributed by atoms with van der Waals surface area (Å²) < 4.78 is 41.4. The van der Waals surface area contributed by atoms with Gasteiger partial charge in [-0.15, -0.1) is 16.9 Å². The summed E-state index contributed by atoms with van der Waals surface area (Å²) in [6.07, 6.45) is -1.86. The first-order valence-electron chi connectivity index (χ1n) is 8.70. The first-order chi connectivity index (χ1) is 13.8. The summed E-state index contributed by atoms with van der Waals surface area (Å²) in [7, 11) is 1.83. The van der Waals surface area contributed by atoms with Crippen LogP contribution < -0.4 is 0 Å². The highest BCUT2D eigenvalue weighted by atomic mass is 32.2. The summed E-state index contributed by atoms with van der Waals surface area (Å²) in [6, 6.07) is 5.34. The van der Waals surface area contributed by atoms with Gasteiger partial charge in [0.05, 0.1) is 0 Å². The Kier molecular flexibility index (Phi) is 4.77. The second-order valence-electron chi connectivity index (χ2n) is 6.31. The molecule has 0 aliphatic heterocycles. The van der Waals surface area contributed by atoms with Crippen molar-refractivity contribution in [2.24, 2.45) is 7.05 Å². The fraction of sp³-hybridized carbons (Fsp3) is 0.278. The minimum atomic E-state index is -4.62. The summed E-state index contributed by atoms with van der Waals surface area (Å²) in [5.41, 5.74) is 2.96. The Labute approximate surface area is 168 Å². The van der Waals surface area contributed by atoms with Crippen molar-refractivity contribution in [2.45, 2.75) is 24.9 Å². The van der Waals surface area contributed by atoms with Gasteiger partial charge in [0, 0.05) is 18.1 Å². The SMILES string of the molecule is CCSc1ccc(-n2cnc(C(F)(F)F)n2)nc1-c1nc2cc(C)cnc2n1C. The summed E-state index contributed by atoms with van der Waals surface area (Å²) in [4.78, 5) is 17.9. The molecule has 0 atom stereocenters. The lowest BCUT2D eigenvalue weighted by Crippen LogP contribution is -2.09. The third kappa shape index (κ3) is 3.57. The summed E-state index contributed by atoms with van der Waals surface area (Å²) in [5, 5.41) is 3.51. The molecule has 0 aliphatic carbocycles. The highest BCUT2D eigenvalue weighted by Gasteiger charge is 2.36. The van der Waals surface area contributed by atoms with Crippen LogP contribution in [0.4, 0.5) is 13.2 Å². The maximum absolute atomic E-state index is 12.8. The van der Waals surface area contributed by atoms with Crippen LogP contribution in [0.5, 0.6) is 0 Å². The van der Waals surface area contributed by atoms with E-state index in [1.54, 1.807) is 30.1 Å². The van der Waals surface area contributed by atoms with Crippen molar-refractivity contribution in [2.75, 3.05) is 5.75 Å². The molecule has 0 aromatic carbocycles. The van der Waals surface area contributed by atoms with E-state index in [0.29, 0.717) is 17.2 Å². The predicted octanol–water partition coefficient (Wildman–Crippen LogP) is 4.05. The van der Waals surface area contributed by atoms with Gasteiger partial charge in [0.2, 0.25) is 0 Å². The largest absolute Gasteiger partial charge is 0.453 e. The van der Waals surface area contributed by atoms with Crippen LogP contribution in [-0.4, -0.2) is 40.0 Å². The molecule has 4 aromatic rings. The molecule has 0 radical (unpaired) electrons. The Morgan fingerprint density at radius 1 is 1.14 bits per heavy atom. The normalized spacial score (nSPS) is 12.1. The molecule has 0 unspecified atom stereocenters. The van der Waals surface area contributed by atoms with Crippen LogP contribution in [0.3, 0.4) is 0 Å². The van der Waals surface area contributed by atoms with Gasteiger partial charge in [-0.25, -0.2) is 24.6 Å². The highest BCUT2D eigenvalue weighted by molar-refractivity contribution is 7.99. The minimum absolute atomic E-state index is 0.222. The van der Waals surface area contributed by atoms with E-state index in [0.717, 1.165) is 32.7 Å². The number of nitrogens with zero attached hydrogens (tertiary/aromatic N) is 7. The van der Waals surface area contributed by atoms with Crippen molar-refractivity contribution < 1.29 is 13.2 Å². The van der Waals surface area contributed by atoms with E-state index in [9.17, 15) is 13.2 Å². The molecule has 0 saturated heterocycles. The molecule has 0 amide bonds. The van der Waals surface area contributed by atoms with Crippen LogP contribution in [0.2, 0.25) is 0 Å². The first-order valence-corrected chi connectivity index (χ1v) is 9.69. The minimum Gasteiger partial charge on any atom is -0.310 e. The molecule has 0 saturated carbocycles. The molecule has 0 bridgehead atoms. The number of halogens is 3. The van der Waals surface area contributed by atoms with Crippen LogP contribution in [0.15, 0.2) is 35.6 Å². The van der Waals surface area contributed by atoms with E-state index in [2.05, 4.69) is 25.0 Å². The fourth-order valence-electron chi connectivity index (χ4n) is 2.89. The number of aromatic nitrogens is 7. The fourth-order valence-corrected chi connectivity index (χ4v) is 3.64. The third-order valence-electron chi connectivity index (χ3n) is 4.18. The third-order valence-corrected chi connectivity index (χ3v) is 5.11. The Balaban J connectivity index is 1.87. The summed E-state index contributed by atoms with van der Waals surface area (Å²) in [5.74, 6) is 0.388. The Bertz CT molecular complexity index is 1200. The topological polar surface area (TPSA) is 74.3 Å². The molecule has 7 nitrogen and oxygen atoms in total. The molecule has 4 aromatic heterocycles. The van der Waals surface area contributed by atoms with Gasteiger partial charge >= 0.3 is 6.18 Å². The standard InChI is InChI=1S/C18H16F3N7S/c1-4-29-12-5-6-13(28-9-23-17(26-28)18(19,20)21)25-14(12)16-24-11-7-10(2)8-22-15(11)27(16)3/h5-9H,4H2,1-3H3. The number of pyridine rings is 2. The monoisotopic (exact) mass is 419 g/mol. The smallest absolute Gasteiger partial charge is 0.310 e. The number of alkyl halides is 3. The zero-order chi connectivity index (χ0) is 20.8. The molecule has 0 aliphatic rings. The van der Waals surface area contributed by atoms with Crippen LogP contribution >= 0.6 is 11.8 Å². The van der Waals surface area contributed by atoms with Crippen LogP contribution in [0, 0.1) is 6.92 Å². The zero-order valence-corrected chi connectivity index (χ0v) is 16.6. The average molecular weight is 419 g/mol. The summed E-state index contributed by atoms with van der Waals surface area (Å²) >= 11 is 1.57. The lowest BCUT2D eigenvalue weighted by atomic mass is 10.3. The van der Waals surface area contributed by atoms with Crippen molar-refractivity contribution in [1.82, 2.24) is 34.3 Å². The number of rotatable bonds is 4. The van der Waals surface area contributed by atoms with E-state index in [1.807, 2.05) is 31.5 Å². The van der Waals surface area contributed by atoms with E-state index < -0.39 is 12.0 Å². The van der Waals surface area contributed by atoms with E-state index in [1.165, 1.54) is 0 Å². The van der Waals surface area contributed by atoms with Gasteiger partial charge in [-0.05, 0) is 36.4 Å². The molecule has 29 heavy (non-hydrogen) atoms. The molecule has 0 N–H and O–H groups in total. The van der Waals surface area contributed by atoms with Crippen molar-refractivity contribution in [3.63, 3.8) is 0 Å². The zero-order valence-electron chi connectivity index (χ0n) is 15.8. The summed E-state index contributed by atoms with van der Waals surface area (Å²) in [6.45, 7) is 3.94. The van der Waals surface area contributed by atoms with Crippen LogP contribution in [0.1, 0.15) is 18.3 Å². The van der Waals surface area contributed by atoms with Gasteiger partial charge in [0.15, 0.2) is 17.3 Å². The number of fused-ring (bicyclic) bond motifs is 1. The average Bonchev–Trinajstić information content (AvgIpc) is 3.28. The number of hydrogen-bond acceptors (Lipinski definition) is 6. The van der Waals surface area contributed by atoms with Gasteiger partial charge < -0.3 is 4.57 Å². The number of thioether (sulfide) groups is 1. The van der Waals surface area contributed by atoms with Gasteiger partial charge in [-0.1, -0.05) is 6.92 Å². The van der Waals surface area contributed by atoms with Crippen LogP contribution in [-0.2, 0) is 13.2 Å². The van der Waals surface area contributed by atoms with E-state index in [4.69, 9.17) is 0 Å². The molecule has 150 valence electrons. The van der Waals surface area contributed by atoms with Crippen molar-refractivity contribution in [1.29, 1.82) is 0 Å². The molecule has 4 rings (SSSR count). The Hall–Kier alpha value is -2.95. The lowest BCUT2D eigenvalue weighted by molar-refractivity contribution is -0.144. The second-order valence-corrected chi connectivity index (χ2v) is 7.62.